The van der Waals surface area contributed by atoms with E-state index in [2.05, 4.69) is 36.0 Å². The van der Waals surface area contributed by atoms with Crippen molar-refractivity contribution in [2.45, 2.75) is 32.1 Å². The zero-order valence-corrected chi connectivity index (χ0v) is 11.7. The van der Waals surface area contributed by atoms with E-state index in [4.69, 9.17) is 9.26 Å². The van der Waals surface area contributed by atoms with Crippen LogP contribution in [0.25, 0.3) is 11.4 Å². The third-order valence-corrected chi connectivity index (χ3v) is 3.43. The summed E-state index contributed by atoms with van der Waals surface area (Å²) in [6, 6.07) is 0. The average Bonchev–Trinajstić information content (AvgIpc) is 2.91. The Labute approximate surface area is 111 Å². The van der Waals surface area contributed by atoms with E-state index in [0.717, 1.165) is 11.3 Å². The van der Waals surface area contributed by atoms with Crippen molar-refractivity contribution in [3.8, 4) is 11.4 Å². The molecule has 0 saturated carbocycles. The molecule has 0 aliphatic carbocycles. The van der Waals surface area contributed by atoms with Crippen LogP contribution in [0.4, 0.5) is 0 Å². The summed E-state index contributed by atoms with van der Waals surface area (Å²) in [4.78, 5) is 4.52. The standard InChI is InChI=1S/C13H18N4O2/c1-8(2)10-9(5-17(4)15-10)11-14-12(19-16-11)13(3)6-18-7-13/h5,8H,6-7H2,1-4H3. The molecule has 0 bridgehead atoms. The van der Waals surface area contributed by atoms with Crippen LogP contribution in [0.1, 0.15) is 38.3 Å². The largest absolute Gasteiger partial charge is 0.379 e. The van der Waals surface area contributed by atoms with Gasteiger partial charge in [0.1, 0.15) is 0 Å². The summed E-state index contributed by atoms with van der Waals surface area (Å²) >= 11 is 0. The molecule has 0 atom stereocenters. The van der Waals surface area contributed by atoms with Crippen LogP contribution in [0.3, 0.4) is 0 Å². The van der Waals surface area contributed by atoms with Gasteiger partial charge < -0.3 is 9.26 Å². The SMILES string of the molecule is CC(C)c1nn(C)cc1-c1noc(C2(C)COC2)n1. The van der Waals surface area contributed by atoms with Crippen LogP contribution in [0, 0.1) is 0 Å². The molecule has 3 rings (SSSR count). The molecular formula is C13H18N4O2. The molecule has 0 spiro atoms. The van der Waals surface area contributed by atoms with Crippen LogP contribution >= 0.6 is 0 Å². The predicted octanol–water partition coefficient (Wildman–Crippen LogP) is 1.88. The van der Waals surface area contributed by atoms with E-state index >= 15 is 0 Å². The second-order valence-electron chi connectivity index (χ2n) is 5.73. The van der Waals surface area contributed by atoms with Crippen molar-refractivity contribution in [3.05, 3.63) is 17.8 Å². The highest BCUT2D eigenvalue weighted by atomic mass is 16.5. The Balaban J connectivity index is 1.99. The fourth-order valence-corrected chi connectivity index (χ4v) is 2.21. The first-order valence-electron chi connectivity index (χ1n) is 6.45. The lowest BCUT2D eigenvalue weighted by Crippen LogP contribution is -2.44. The van der Waals surface area contributed by atoms with Gasteiger partial charge in [0, 0.05) is 13.2 Å². The minimum Gasteiger partial charge on any atom is -0.379 e. The lowest BCUT2D eigenvalue weighted by molar-refractivity contribution is -0.0644. The van der Waals surface area contributed by atoms with E-state index in [1.807, 2.05) is 13.2 Å². The Kier molecular flexibility index (Phi) is 2.70. The first-order chi connectivity index (χ1) is 8.99. The van der Waals surface area contributed by atoms with E-state index in [-0.39, 0.29) is 5.41 Å². The van der Waals surface area contributed by atoms with Gasteiger partial charge in [0.25, 0.3) is 0 Å². The van der Waals surface area contributed by atoms with E-state index in [1.54, 1.807) is 4.68 Å². The summed E-state index contributed by atoms with van der Waals surface area (Å²) in [6.45, 7) is 7.56. The van der Waals surface area contributed by atoms with Crippen molar-refractivity contribution in [2.24, 2.45) is 7.05 Å². The van der Waals surface area contributed by atoms with Crippen LogP contribution < -0.4 is 0 Å². The first-order valence-corrected chi connectivity index (χ1v) is 6.45. The fourth-order valence-electron chi connectivity index (χ4n) is 2.21. The highest BCUT2D eigenvalue weighted by Crippen LogP contribution is 2.33. The molecule has 0 unspecified atom stereocenters. The minimum atomic E-state index is -0.133. The lowest BCUT2D eigenvalue weighted by atomic mass is 9.89. The monoisotopic (exact) mass is 262 g/mol. The molecule has 19 heavy (non-hydrogen) atoms. The molecule has 102 valence electrons. The Hall–Kier alpha value is -1.69. The molecule has 6 heteroatoms. The molecule has 0 aromatic carbocycles. The molecule has 3 heterocycles. The van der Waals surface area contributed by atoms with Crippen molar-refractivity contribution in [1.29, 1.82) is 0 Å². The average molecular weight is 262 g/mol. The Morgan fingerprint density at radius 1 is 1.37 bits per heavy atom. The second-order valence-corrected chi connectivity index (χ2v) is 5.73. The van der Waals surface area contributed by atoms with E-state index in [1.165, 1.54) is 0 Å². The molecular weight excluding hydrogens is 244 g/mol. The molecule has 0 amide bonds. The molecule has 1 aliphatic heterocycles. The topological polar surface area (TPSA) is 66.0 Å². The predicted molar refractivity (Wildman–Crippen MR) is 68.8 cm³/mol. The van der Waals surface area contributed by atoms with Gasteiger partial charge in [0.15, 0.2) is 0 Å². The van der Waals surface area contributed by atoms with Crippen molar-refractivity contribution in [1.82, 2.24) is 19.9 Å². The van der Waals surface area contributed by atoms with Crippen molar-refractivity contribution in [2.75, 3.05) is 13.2 Å². The molecule has 1 saturated heterocycles. The quantitative estimate of drug-likeness (QED) is 0.845. The van der Waals surface area contributed by atoms with Gasteiger partial charge in [-0.1, -0.05) is 19.0 Å². The number of hydrogen-bond donors (Lipinski definition) is 0. The normalized spacial score (nSPS) is 17.7. The zero-order chi connectivity index (χ0) is 13.6. The van der Waals surface area contributed by atoms with Gasteiger partial charge in [-0.05, 0) is 12.8 Å². The summed E-state index contributed by atoms with van der Waals surface area (Å²) in [5, 5.41) is 8.56. The maximum Gasteiger partial charge on any atom is 0.237 e. The third kappa shape index (κ3) is 1.96. The maximum absolute atomic E-state index is 5.39. The number of nitrogens with zero attached hydrogens (tertiary/aromatic N) is 4. The fraction of sp³-hybridized carbons (Fsp3) is 0.615. The summed E-state index contributed by atoms with van der Waals surface area (Å²) in [5.74, 6) is 1.58. The Morgan fingerprint density at radius 3 is 2.68 bits per heavy atom. The van der Waals surface area contributed by atoms with Gasteiger partial charge in [0.2, 0.25) is 11.7 Å². The lowest BCUT2D eigenvalue weighted by Gasteiger charge is -2.33. The van der Waals surface area contributed by atoms with Gasteiger partial charge in [-0.2, -0.15) is 10.1 Å². The first kappa shape index (κ1) is 12.3. The van der Waals surface area contributed by atoms with Crippen LogP contribution in [-0.2, 0) is 17.2 Å². The van der Waals surface area contributed by atoms with Crippen LogP contribution in [0.5, 0.6) is 0 Å². The van der Waals surface area contributed by atoms with E-state index in [0.29, 0.717) is 30.8 Å². The van der Waals surface area contributed by atoms with Gasteiger partial charge in [-0.3, -0.25) is 4.68 Å². The van der Waals surface area contributed by atoms with Gasteiger partial charge >= 0.3 is 0 Å². The summed E-state index contributed by atoms with van der Waals surface area (Å²) < 4.78 is 12.4. The summed E-state index contributed by atoms with van der Waals surface area (Å²) in [7, 11) is 1.90. The molecule has 0 radical (unpaired) electrons. The smallest absolute Gasteiger partial charge is 0.237 e. The molecule has 2 aromatic rings. The number of aryl methyl sites for hydroxylation is 1. The number of rotatable bonds is 3. The highest BCUT2D eigenvalue weighted by molar-refractivity contribution is 5.57. The zero-order valence-electron chi connectivity index (χ0n) is 11.7. The van der Waals surface area contributed by atoms with Crippen molar-refractivity contribution >= 4 is 0 Å². The Bertz CT molecular complexity index is 596. The van der Waals surface area contributed by atoms with Gasteiger partial charge in [-0.25, -0.2) is 0 Å². The second kappa shape index (κ2) is 4.16. The highest BCUT2D eigenvalue weighted by Gasteiger charge is 2.41. The number of aromatic nitrogens is 4. The Morgan fingerprint density at radius 2 is 2.11 bits per heavy atom. The minimum absolute atomic E-state index is 0.133. The van der Waals surface area contributed by atoms with Crippen molar-refractivity contribution < 1.29 is 9.26 Å². The van der Waals surface area contributed by atoms with Gasteiger partial charge in [-0.15, -0.1) is 0 Å². The van der Waals surface area contributed by atoms with E-state index < -0.39 is 0 Å². The molecule has 1 aliphatic rings. The third-order valence-electron chi connectivity index (χ3n) is 3.43. The van der Waals surface area contributed by atoms with Crippen LogP contribution in [-0.4, -0.2) is 33.1 Å². The summed E-state index contributed by atoms with van der Waals surface area (Å²) in [5.41, 5.74) is 1.80. The van der Waals surface area contributed by atoms with Gasteiger partial charge in [0.05, 0.1) is 29.9 Å². The molecule has 1 fully saturated rings. The van der Waals surface area contributed by atoms with Crippen LogP contribution in [0.2, 0.25) is 0 Å². The number of hydrogen-bond acceptors (Lipinski definition) is 5. The van der Waals surface area contributed by atoms with Crippen LogP contribution in [0.15, 0.2) is 10.7 Å². The maximum atomic E-state index is 5.39. The van der Waals surface area contributed by atoms with Crippen molar-refractivity contribution in [3.63, 3.8) is 0 Å². The molecule has 6 nitrogen and oxygen atoms in total. The summed E-state index contributed by atoms with van der Waals surface area (Å²) in [6.07, 6.45) is 1.93. The molecule has 0 N–H and O–H groups in total. The molecule has 2 aromatic heterocycles. The number of ether oxygens (including phenoxy) is 1. The van der Waals surface area contributed by atoms with E-state index in [9.17, 15) is 0 Å².